The van der Waals surface area contributed by atoms with Gasteiger partial charge in [-0.25, -0.2) is 0 Å². The molecule has 1 amide bonds. The van der Waals surface area contributed by atoms with Gasteiger partial charge >= 0.3 is 0 Å². The lowest BCUT2D eigenvalue weighted by molar-refractivity contribution is 0.0950. The highest BCUT2D eigenvalue weighted by Gasteiger charge is 2.18. The van der Waals surface area contributed by atoms with E-state index >= 15 is 0 Å². The van der Waals surface area contributed by atoms with Gasteiger partial charge in [0, 0.05) is 57.4 Å². The Labute approximate surface area is 216 Å². The van der Waals surface area contributed by atoms with Crippen molar-refractivity contribution in [3.8, 4) is 5.75 Å². The molecule has 4 aromatic rings. The number of ether oxygens (including phenoxy) is 1. The standard InChI is InChI=1S/C29H31N5O3/c1-22-31-28(32-37-22)21-36-27-13-11-23(12-14-27)29(35)30-19-24-7-5-6-8-25(24)20-33-15-17-34(18-16-33)26-9-3-2-4-10-26/h2-14H,15-21H2,1H3,(H,30,35). The Bertz CT molecular complexity index is 1300. The molecule has 5 rings (SSSR count). The van der Waals surface area contributed by atoms with E-state index in [1.165, 1.54) is 11.3 Å². The van der Waals surface area contributed by atoms with Crippen molar-refractivity contribution in [2.24, 2.45) is 0 Å². The number of anilines is 1. The maximum Gasteiger partial charge on any atom is 0.251 e. The number of nitrogens with one attached hydrogen (secondary N) is 1. The van der Waals surface area contributed by atoms with Crippen LogP contribution in [-0.4, -0.2) is 47.1 Å². The van der Waals surface area contributed by atoms with Crippen LogP contribution in [0.25, 0.3) is 0 Å². The molecule has 0 bridgehead atoms. The number of aryl methyl sites for hydroxylation is 1. The van der Waals surface area contributed by atoms with Crippen molar-refractivity contribution in [3.63, 3.8) is 0 Å². The molecule has 190 valence electrons. The van der Waals surface area contributed by atoms with Gasteiger partial charge in [-0.1, -0.05) is 47.6 Å². The van der Waals surface area contributed by atoms with Crippen LogP contribution in [-0.2, 0) is 19.7 Å². The van der Waals surface area contributed by atoms with Crippen LogP contribution in [0.15, 0.2) is 83.4 Å². The number of rotatable bonds is 9. The summed E-state index contributed by atoms with van der Waals surface area (Å²) in [6.45, 7) is 7.34. The second kappa shape index (κ2) is 11.7. The quantitative estimate of drug-likeness (QED) is 0.371. The van der Waals surface area contributed by atoms with Crippen LogP contribution in [0.3, 0.4) is 0 Å². The van der Waals surface area contributed by atoms with E-state index in [4.69, 9.17) is 9.26 Å². The summed E-state index contributed by atoms with van der Waals surface area (Å²) in [6.07, 6.45) is 0. The SMILES string of the molecule is Cc1nc(COc2ccc(C(=O)NCc3ccccc3CN3CCN(c4ccccc4)CC3)cc2)no1. The van der Waals surface area contributed by atoms with Crippen molar-refractivity contribution in [3.05, 3.63) is 107 Å². The third kappa shape index (κ3) is 6.54. The highest BCUT2D eigenvalue weighted by molar-refractivity contribution is 5.94. The van der Waals surface area contributed by atoms with Gasteiger partial charge in [0.25, 0.3) is 5.91 Å². The third-order valence-corrected chi connectivity index (χ3v) is 6.50. The third-order valence-electron chi connectivity index (χ3n) is 6.50. The highest BCUT2D eigenvalue weighted by Crippen LogP contribution is 2.19. The van der Waals surface area contributed by atoms with Crippen LogP contribution >= 0.6 is 0 Å². The van der Waals surface area contributed by atoms with Gasteiger partial charge in [-0.05, 0) is 47.5 Å². The fourth-order valence-corrected chi connectivity index (χ4v) is 4.46. The van der Waals surface area contributed by atoms with Gasteiger partial charge in [0.15, 0.2) is 6.61 Å². The normalized spacial score (nSPS) is 13.9. The molecule has 0 atom stereocenters. The van der Waals surface area contributed by atoms with E-state index in [1.54, 1.807) is 31.2 Å². The summed E-state index contributed by atoms with van der Waals surface area (Å²) >= 11 is 0. The Hall–Kier alpha value is -4.17. The number of hydrogen-bond donors (Lipinski definition) is 1. The molecule has 0 unspecified atom stereocenters. The lowest BCUT2D eigenvalue weighted by Crippen LogP contribution is -2.46. The predicted molar refractivity (Wildman–Crippen MR) is 141 cm³/mol. The van der Waals surface area contributed by atoms with Crippen molar-refractivity contribution in [2.75, 3.05) is 31.1 Å². The summed E-state index contributed by atoms with van der Waals surface area (Å²) in [5, 5.41) is 6.87. The zero-order chi connectivity index (χ0) is 25.5. The monoisotopic (exact) mass is 497 g/mol. The van der Waals surface area contributed by atoms with Gasteiger partial charge in [0.05, 0.1) is 0 Å². The van der Waals surface area contributed by atoms with E-state index in [-0.39, 0.29) is 12.5 Å². The van der Waals surface area contributed by atoms with E-state index in [0.29, 0.717) is 29.6 Å². The number of carbonyl (C=O) groups is 1. The number of nitrogens with zero attached hydrogens (tertiary/aromatic N) is 4. The molecule has 1 aliphatic heterocycles. The summed E-state index contributed by atoms with van der Waals surface area (Å²) in [6, 6.07) is 26.0. The van der Waals surface area contributed by atoms with Crippen LogP contribution in [0.1, 0.15) is 33.2 Å². The average Bonchev–Trinajstić information content (AvgIpc) is 3.37. The van der Waals surface area contributed by atoms with Crippen LogP contribution < -0.4 is 15.0 Å². The van der Waals surface area contributed by atoms with Gasteiger partial charge in [-0.2, -0.15) is 4.98 Å². The molecule has 0 spiro atoms. The van der Waals surface area contributed by atoms with Crippen LogP contribution in [0, 0.1) is 6.92 Å². The van der Waals surface area contributed by atoms with E-state index < -0.39 is 0 Å². The Balaban J connectivity index is 1.12. The molecule has 0 aliphatic carbocycles. The molecule has 37 heavy (non-hydrogen) atoms. The smallest absolute Gasteiger partial charge is 0.251 e. The second-order valence-electron chi connectivity index (χ2n) is 9.09. The molecule has 8 heteroatoms. The molecule has 1 aliphatic rings. The number of piperazine rings is 1. The maximum absolute atomic E-state index is 12.8. The van der Waals surface area contributed by atoms with Gasteiger partial charge in [0.1, 0.15) is 5.75 Å². The zero-order valence-electron chi connectivity index (χ0n) is 21.0. The van der Waals surface area contributed by atoms with Crippen molar-refractivity contribution in [2.45, 2.75) is 26.6 Å². The molecule has 3 aromatic carbocycles. The molecule has 8 nitrogen and oxygen atoms in total. The summed E-state index contributed by atoms with van der Waals surface area (Å²) in [4.78, 5) is 21.8. The van der Waals surface area contributed by atoms with Crippen molar-refractivity contribution < 1.29 is 14.1 Å². The molecular weight excluding hydrogens is 466 g/mol. The fourth-order valence-electron chi connectivity index (χ4n) is 4.46. The predicted octanol–water partition coefficient (Wildman–Crippen LogP) is 4.21. The van der Waals surface area contributed by atoms with E-state index in [2.05, 4.69) is 73.8 Å². The number of aromatic nitrogens is 2. The maximum atomic E-state index is 12.8. The lowest BCUT2D eigenvalue weighted by atomic mass is 10.1. The van der Waals surface area contributed by atoms with Crippen LogP contribution in [0.4, 0.5) is 5.69 Å². The zero-order valence-corrected chi connectivity index (χ0v) is 21.0. The number of carbonyl (C=O) groups excluding carboxylic acids is 1. The van der Waals surface area contributed by atoms with Crippen molar-refractivity contribution >= 4 is 11.6 Å². The molecule has 2 heterocycles. The largest absolute Gasteiger partial charge is 0.485 e. The van der Waals surface area contributed by atoms with E-state index in [1.807, 2.05) is 6.07 Å². The second-order valence-corrected chi connectivity index (χ2v) is 9.09. The van der Waals surface area contributed by atoms with Crippen molar-refractivity contribution in [1.82, 2.24) is 20.4 Å². The first-order valence-corrected chi connectivity index (χ1v) is 12.5. The Morgan fingerprint density at radius 2 is 1.62 bits per heavy atom. The van der Waals surface area contributed by atoms with Gasteiger partial charge in [0.2, 0.25) is 11.7 Å². The summed E-state index contributed by atoms with van der Waals surface area (Å²) in [7, 11) is 0. The lowest BCUT2D eigenvalue weighted by Gasteiger charge is -2.36. The summed E-state index contributed by atoms with van der Waals surface area (Å²) in [5.74, 6) is 1.50. The van der Waals surface area contributed by atoms with Crippen LogP contribution in [0.2, 0.25) is 0 Å². The summed E-state index contributed by atoms with van der Waals surface area (Å²) < 4.78 is 10.6. The minimum atomic E-state index is -0.119. The highest BCUT2D eigenvalue weighted by atomic mass is 16.5. The molecule has 1 saturated heterocycles. The topological polar surface area (TPSA) is 83.7 Å². The first-order valence-electron chi connectivity index (χ1n) is 12.5. The molecule has 1 fully saturated rings. The van der Waals surface area contributed by atoms with E-state index in [9.17, 15) is 4.79 Å². The first kappa shape index (κ1) is 24.5. The van der Waals surface area contributed by atoms with Crippen LogP contribution in [0.5, 0.6) is 5.75 Å². The molecule has 0 saturated carbocycles. The fraction of sp³-hybridized carbons (Fsp3) is 0.276. The number of benzene rings is 3. The minimum Gasteiger partial charge on any atom is -0.485 e. The Morgan fingerprint density at radius 3 is 2.32 bits per heavy atom. The number of para-hydroxylation sites is 1. The first-order chi connectivity index (χ1) is 18.1. The van der Waals surface area contributed by atoms with E-state index in [0.717, 1.165) is 38.3 Å². The van der Waals surface area contributed by atoms with Crippen molar-refractivity contribution in [1.29, 1.82) is 0 Å². The molecule has 0 radical (unpaired) electrons. The summed E-state index contributed by atoms with van der Waals surface area (Å²) in [5.41, 5.74) is 4.25. The van der Waals surface area contributed by atoms with Gasteiger partial charge < -0.3 is 19.5 Å². The Kier molecular flexibility index (Phi) is 7.76. The minimum absolute atomic E-state index is 0.119. The number of hydrogen-bond acceptors (Lipinski definition) is 7. The Morgan fingerprint density at radius 1 is 0.919 bits per heavy atom. The average molecular weight is 498 g/mol. The molecule has 1 N–H and O–H groups in total. The molecular formula is C29H31N5O3. The van der Waals surface area contributed by atoms with Gasteiger partial charge in [-0.3, -0.25) is 9.69 Å². The van der Waals surface area contributed by atoms with Gasteiger partial charge in [-0.15, -0.1) is 0 Å². The molecule has 1 aromatic heterocycles. The number of amides is 1.